The summed E-state index contributed by atoms with van der Waals surface area (Å²) in [5.41, 5.74) is 6.93. The van der Waals surface area contributed by atoms with Crippen molar-refractivity contribution in [3.05, 3.63) is 35.9 Å². The Kier molecular flexibility index (Phi) is 4.97. The van der Waals surface area contributed by atoms with Gasteiger partial charge in [-0.1, -0.05) is 30.3 Å². The lowest BCUT2D eigenvalue weighted by molar-refractivity contribution is -0.131. The van der Waals surface area contributed by atoms with Gasteiger partial charge in [-0.15, -0.1) is 12.4 Å². The monoisotopic (exact) mass is 254 g/mol. The molecule has 17 heavy (non-hydrogen) atoms. The summed E-state index contributed by atoms with van der Waals surface area (Å²) in [4.78, 5) is 13.6. The first kappa shape index (κ1) is 14.0. The van der Waals surface area contributed by atoms with Crippen LogP contribution in [0.5, 0.6) is 0 Å². The van der Waals surface area contributed by atoms with E-state index in [2.05, 4.69) is 12.1 Å². The average Bonchev–Trinajstić information content (AvgIpc) is 2.78. The molecule has 2 atom stereocenters. The predicted octanol–water partition coefficient (Wildman–Crippen LogP) is 1.77. The van der Waals surface area contributed by atoms with Crippen LogP contribution in [0.25, 0.3) is 0 Å². The molecule has 1 heterocycles. The highest BCUT2D eigenvalue weighted by atomic mass is 35.5. The molecule has 3 nitrogen and oxygen atoms in total. The molecular formula is C13H19ClN2O. The van der Waals surface area contributed by atoms with E-state index in [-0.39, 0.29) is 24.4 Å². The molecule has 0 spiro atoms. The minimum absolute atomic E-state index is 0. The van der Waals surface area contributed by atoms with Crippen LogP contribution in [-0.4, -0.2) is 29.9 Å². The first-order valence-corrected chi connectivity index (χ1v) is 5.78. The van der Waals surface area contributed by atoms with Crippen LogP contribution in [0.2, 0.25) is 0 Å². The maximum Gasteiger partial charge on any atom is 0.239 e. The van der Waals surface area contributed by atoms with Crippen LogP contribution in [0.15, 0.2) is 30.3 Å². The molecule has 2 rings (SSSR count). The van der Waals surface area contributed by atoms with Crippen molar-refractivity contribution in [2.24, 2.45) is 5.73 Å². The number of hydrogen-bond donors (Lipinski definition) is 1. The maximum absolute atomic E-state index is 11.7. The van der Waals surface area contributed by atoms with Crippen molar-refractivity contribution in [1.29, 1.82) is 0 Å². The SMILES string of the molecule is C[C@H](N)C(=O)N1CCC(c2ccccc2)C1.Cl. The van der Waals surface area contributed by atoms with Crippen molar-refractivity contribution in [1.82, 2.24) is 4.90 Å². The third kappa shape index (κ3) is 3.20. The number of rotatable bonds is 2. The van der Waals surface area contributed by atoms with Gasteiger partial charge in [-0.05, 0) is 18.9 Å². The summed E-state index contributed by atoms with van der Waals surface area (Å²) < 4.78 is 0. The molecule has 0 radical (unpaired) electrons. The van der Waals surface area contributed by atoms with Crippen LogP contribution in [0, 0.1) is 0 Å². The van der Waals surface area contributed by atoms with Gasteiger partial charge < -0.3 is 10.6 Å². The molecule has 1 unspecified atom stereocenters. The number of likely N-dealkylation sites (tertiary alicyclic amines) is 1. The van der Waals surface area contributed by atoms with Crippen LogP contribution in [0.3, 0.4) is 0 Å². The van der Waals surface area contributed by atoms with Crippen LogP contribution in [0.4, 0.5) is 0 Å². The minimum atomic E-state index is -0.380. The number of nitrogens with zero attached hydrogens (tertiary/aromatic N) is 1. The van der Waals surface area contributed by atoms with E-state index in [4.69, 9.17) is 5.73 Å². The van der Waals surface area contributed by atoms with Crippen LogP contribution < -0.4 is 5.73 Å². The Morgan fingerprint density at radius 3 is 2.65 bits per heavy atom. The lowest BCUT2D eigenvalue weighted by Crippen LogP contribution is -2.40. The van der Waals surface area contributed by atoms with E-state index in [1.807, 2.05) is 23.1 Å². The Bertz CT molecular complexity index is 367. The fourth-order valence-electron chi connectivity index (χ4n) is 2.25. The van der Waals surface area contributed by atoms with Gasteiger partial charge in [0.05, 0.1) is 6.04 Å². The molecule has 1 amide bonds. The highest BCUT2D eigenvalue weighted by Gasteiger charge is 2.28. The standard InChI is InChI=1S/C13H18N2O.ClH/c1-10(14)13(16)15-8-7-12(9-15)11-5-3-2-4-6-11;/h2-6,10,12H,7-9,14H2,1H3;1H/t10-,12?;/m0./s1. The largest absolute Gasteiger partial charge is 0.341 e. The van der Waals surface area contributed by atoms with E-state index in [1.165, 1.54) is 5.56 Å². The molecule has 1 aromatic rings. The highest BCUT2D eigenvalue weighted by Crippen LogP contribution is 2.26. The zero-order chi connectivity index (χ0) is 11.5. The molecule has 0 bridgehead atoms. The fourth-order valence-corrected chi connectivity index (χ4v) is 2.25. The lowest BCUT2D eigenvalue weighted by Gasteiger charge is -2.18. The zero-order valence-corrected chi connectivity index (χ0v) is 10.8. The van der Waals surface area contributed by atoms with E-state index in [0.717, 1.165) is 19.5 Å². The number of halogens is 1. The van der Waals surface area contributed by atoms with Crippen molar-refractivity contribution in [3.8, 4) is 0 Å². The van der Waals surface area contributed by atoms with Gasteiger partial charge in [-0.3, -0.25) is 4.79 Å². The predicted molar refractivity (Wildman–Crippen MR) is 71.3 cm³/mol. The summed E-state index contributed by atoms with van der Waals surface area (Å²) >= 11 is 0. The number of nitrogens with two attached hydrogens (primary N) is 1. The molecule has 0 aliphatic carbocycles. The van der Waals surface area contributed by atoms with E-state index < -0.39 is 0 Å². The van der Waals surface area contributed by atoms with Gasteiger partial charge >= 0.3 is 0 Å². The molecule has 94 valence electrons. The fraction of sp³-hybridized carbons (Fsp3) is 0.462. The molecule has 4 heteroatoms. The Morgan fingerprint density at radius 2 is 2.06 bits per heavy atom. The van der Waals surface area contributed by atoms with Gasteiger partial charge in [0.25, 0.3) is 0 Å². The molecule has 0 saturated carbocycles. The summed E-state index contributed by atoms with van der Waals surface area (Å²) in [6, 6.07) is 9.99. The summed E-state index contributed by atoms with van der Waals surface area (Å²) in [6.45, 7) is 3.39. The number of benzene rings is 1. The van der Waals surface area contributed by atoms with Gasteiger partial charge in [-0.2, -0.15) is 0 Å². The number of carbonyl (C=O) groups is 1. The molecule has 2 N–H and O–H groups in total. The minimum Gasteiger partial charge on any atom is -0.341 e. The molecular weight excluding hydrogens is 236 g/mol. The van der Waals surface area contributed by atoms with Gasteiger partial charge in [0.15, 0.2) is 0 Å². The maximum atomic E-state index is 11.7. The second kappa shape index (κ2) is 6.03. The third-order valence-electron chi connectivity index (χ3n) is 3.16. The Morgan fingerprint density at radius 1 is 1.41 bits per heavy atom. The van der Waals surface area contributed by atoms with E-state index in [1.54, 1.807) is 6.92 Å². The van der Waals surface area contributed by atoms with E-state index >= 15 is 0 Å². The normalized spacial score (nSPS) is 20.8. The third-order valence-corrected chi connectivity index (χ3v) is 3.16. The average molecular weight is 255 g/mol. The van der Waals surface area contributed by atoms with E-state index in [9.17, 15) is 4.79 Å². The Hall–Kier alpha value is -1.06. The second-order valence-corrected chi connectivity index (χ2v) is 4.47. The highest BCUT2D eigenvalue weighted by molar-refractivity contribution is 5.85. The molecule has 1 fully saturated rings. The molecule has 1 aromatic carbocycles. The molecule has 0 aromatic heterocycles. The van der Waals surface area contributed by atoms with Crippen molar-refractivity contribution < 1.29 is 4.79 Å². The number of amides is 1. The van der Waals surface area contributed by atoms with Gasteiger partial charge in [-0.25, -0.2) is 0 Å². The van der Waals surface area contributed by atoms with E-state index in [0.29, 0.717) is 5.92 Å². The van der Waals surface area contributed by atoms with Gasteiger partial charge in [0.2, 0.25) is 5.91 Å². The Labute approximate surface area is 108 Å². The van der Waals surface area contributed by atoms with Gasteiger partial charge in [0.1, 0.15) is 0 Å². The number of carbonyl (C=O) groups excluding carboxylic acids is 1. The van der Waals surface area contributed by atoms with Crippen LogP contribution in [-0.2, 0) is 4.79 Å². The second-order valence-electron chi connectivity index (χ2n) is 4.47. The van der Waals surface area contributed by atoms with Crippen molar-refractivity contribution >= 4 is 18.3 Å². The smallest absolute Gasteiger partial charge is 0.239 e. The topological polar surface area (TPSA) is 46.3 Å². The van der Waals surface area contributed by atoms with Gasteiger partial charge in [0, 0.05) is 19.0 Å². The molecule has 1 saturated heterocycles. The van der Waals surface area contributed by atoms with Crippen molar-refractivity contribution in [2.45, 2.75) is 25.3 Å². The zero-order valence-electron chi connectivity index (χ0n) is 10.0. The first-order chi connectivity index (χ1) is 7.68. The van der Waals surface area contributed by atoms with Crippen molar-refractivity contribution in [2.75, 3.05) is 13.1 Å². The number of hydrogen-bond acceptors (Lipinski definition) is 2. The van der Waals surface area contributed by atoms with Crippen molar-refractivity contribution in [3.63, 3.8) is 0 Å². The Balaban J connectivity index is 0.00000144. The first-order valence-electron chi connectivity index (χ1n) is 5.78. The quantitative estimate of drug-likeness (QED) is 0.875. The molecule has 1 aliphatic rings. The summed E-state index contributed by atoms with van der Waals surface area (Å²) in [5, 5.41) is 0. The summed E-state index contributed by atoms with van der Waals surface area (Å²) in [5.74, 6) is 0.544. The van der Waals surface area contributed by atoms with Crippen LogP contribution in [0.1, 0.15) is 24.8 Å². The molecule has 1 aliphatic heterocycles. The lowest BCUT2D eigenvalue weighted by atomic mass is 9.99. The summed E-state index contributed by atoms with van der Waals surface area (Å²) in [7, 11) is 0. The van der Waals surface area contributed by atoms with Crippen LogP contribution >= 0.6 is 12.4 Å². The summed E-state index contributed by atoms with van der Waals surface area (Å²) in [6.07, 6.45) is 1.04.